The lowest BCUT2D eigenvalue weighted by atomic mass is 10.1. The zero-order valence-corrected chi connectivity index (χ0v) is 17.2. The summed E-state index contributed by atoms with van der Waals surface area (Å²) >= 11 is 0. The summed E-state index contributed by atoms with van der Waals surface area (Å²) in [6.07, 6.45) is 0.573. The highest BCUT2D eigenvalue weighted by molar-refractivity contribution is 5.94. The number of aryl methyl sites for hydroxylation is 1. The number of hydrogen-bond acceptors (Lipinski definition) is 5. The Morgan fingerprint density at radius 3 is 2.61 bits per heavy atom. The summed E-state index contributed by atoms with van der Waals surface area (Å²) in [5.74, 6) is 0.222. The predicted octanol–water partition coefficient (Wildman–Crippen LogP) is 3.18. The maximum absolute atomic E-state index is 13.5. The van der Waals surface area contributed by atoms with Gasteiger partial charge in [-0.25, -0.2) is 4.39 Å². The molecule has 1 saturated heterocycles. The zero-order chi connectivity index (χ0) is 21.8. The number of halogens is 1. The molecule has 0 N–H and O–H groups in total. The fourth-order valence-electron chi connectivity index (χ4n) is 3.81. The van der Waals surface area contributed by atoms with Crippen LogP contribution >= 0.6 is 0 Å². The first-order chi connectivity index (χ1) is 15.0. The molecule has 2 aromatic carbocycles. The third-order valence-electron chi connectivity index (χ3n) is 5.37. The Morgan fingerprint density at radius 1 is 1.10 bits per heavy atom. The first-order valence-corrected chi connectivity index (χ1v) is 10.2. The van der Waals surface area contributed by atoms with Gasteiger partial charge in [0.15, 0.2) is 5.82 Å². The van der Waals surface area contributed by atoms with Crippen molar-refractivity contribution in [2.45, 2.75) is 25.8 Å². The van der Waals surface area contributed by atoms with Gasteiger partial charge in [0, 0.05) is 25.2 Å². The molecule has 31 heavy (non-hydrogen) atoms. The SMILES string of the molecule is Cc1noc(C2CCN(C(=O)Cc3cccc(F)c3)CCN2C(=O)c2ccccc2)n1. The Hall–Kier alpha value is -3.55. The molecule has 1 aliphatic rings. The van der Waals surface area contributed by atoms with Crippen LogP contribution in [-0.2, 0) is 11.2 Å². The average molecular weight is 422 g/mol. The Morgan fingerprint density at radius 2 is 1.90 bits per heavy atom. The Bertz CT molecular complexity index is 1070. The smallest absolute Gasteiger partial charge is 0.254 e. The van der Waals surface area contributed by atoms with Crippen molar-refractivity contribution in [3.8, 4) is 0 Å². The summed E-state index contributed by atoms with van der Waals surface area (Å²) in [4.78, 5) is 33.8. The van der Waals surface area contributed by atoms with E-state index in [1.165, 1.54) is 12.1 Å². The molecular formula is C23H23FN4O3. The molecule has 1 unspecified atom stereocenters. The van der Waals surface area contributed by atoms with Crippen molar-refractivity contribution >= 4 is 11.8 Å². The molecule has 1 aliphatic heterocycles. The summed E-state index contributed by atoms with van der Waals surface area (Å²) < 4.78 is 18.9. The van der Waals surface area contributed by atoms with Crippen LogP contribution < -0.4 is 0 Å². The van der Waals surface area contributed by atoms with Gasteiger partial charge in [-0.1, -0.05) is 35.5 Å². The van der Waals surface area contributed by atoms with E-state index in [-0.39, 0.29) is 24.1 Å². The maximum atomic E-state index is 13.5. The lowest BCUT2D eigenvalue weighted by Crippen LogP contribution is -2.39. The first kappa shape index (κ1) is 20.7. The van der Waals surface area contributed by atoms with Gasteiger partial charge < -0.3 is 14.3 Å². The second kappa shape index (κ2) is 9.07. The van der Waals surface area contributed by atoms with Crippen LogP contribution in [0.3, 0.4) is 0 Å². The molecule has 8 heteroatoms. The second-order valence-electron chi connectivity index (χ2n) is 7.54. The number of carbonyl (C=O) groups is 2. The quantitative estimate of drug-likeness (QED) is 0.645. The second-order valence-corrected chi connectivity index (χ2v) is 7.54. The van der Waals surface area contributed by atoms with Gasteiger partial charge in [0.1, 0.15) is 11.9 Å². The summed E-state index contributed by atoms with van der Waals surface area (Å²) in [5.41, 5.74) is 1.18. The van der Waals surface area contributed by atoms with Crippen LogP contribution in [0.5, 0.6) is 0 Å². The van der Waals surface area contributed by atoms with Crippen LogP contribution in [-0.4, -0.2) is 51.4 Å². The van der Waals surface area contributed by atoms with Gasteiger partial charge in [-0.15, -0.1) is 0 Å². The number of hydrogen-bond donors (Lipinski definition) is 0. The number of carbonyl (C=O) groups excluding carboxylic acids is 2. The van der Waals surface area contributed by atoms with Gasteiger partial charge in [0.25, 0.3) is 5.91 Å². The van der Waals surface area contributed by atoms with Crippen LogP contribution in [0.25, 0.3) is 0 Å². The molecule has 1 fully saturated rings. The molecule has 1 aromatic heterocycles. The largest absolute Gasteiger partial charge is 0.341 e. The van der Waals surface area contributed by atoms with E-state index in [4.69, 9.17) is 4.52 Å². The van der Waals surface area contributed by atoms with E-state index < -0.39 is 6.04 Å². The average Bonchev–Trinajstić information content (AvgIpc) is 3.07. The topological polar surface area (TPSA) is 79.5 Å². The fraction of sp³-hybridized carbons (Fsp3) is 0.304. The third kappa shape index (κ3) is 4.79. The molecule has 0 saturated carbocycles. The van der Waals surface area contributed by atoms with E-state index in [1.807, 2.05) is 18.2 Å². The van der Waals surface area contributed by atoms with Crippen LogP contribution in [0.2, 0.25) is 0 Å². The normalized spacial score (nSPS) is 16.8. The van der Waals surface area contributed by atoms with Crippen molar-refractivity contribution in [2.75, 3.05) is 19.6 Å². The highest BCUT2D eigenvalue weighted by atomic mass is 19.1. The number of nitrogens with zero attached hydrogens (tertiary/aromatic N) is 4. The summed E-state index contributed by atoms with van der Waals surface area (Å²) in [6.45, 7) is 2.85. The lowest BCUT2D eigenvalue weighted by Gasteiger charge is -2.27. The standard InChI is InChI=1S/C23H23FN4O3/c1-16-25-22(31-26-16)20-10-11-27(21(29)15-17-6-5-9-19(24)14-17)12-13-28(20)23(30)18-7-3-2-4-8-18/h2-9,14,20H,10-13,15H2,1H3. The van der Waals surface area contributed by atoms with Crippen molar-refractivity contribution in [2.24, 2.45) is 0 Å². The molecule has 4 rings (SSSR count). The van der Waals surface area contributed by atoms with Crippen molar-refractivity contribution < 1.29 is 18.5 Å². The predicted molar refractivity (Wildman–Crippen MR) is 111 cm³/mol. The number of rotatable bonds is 4. The van der Waals surface area contributed by atoms with Gasteiger partial charge in [0.2, 0.25) is 11.8 Å². The zero-order valence-electron chi connectivity index (χ0n) is 17.2. The summed E-state index contributed by atoms with van der Waals surface area (Å²) in [5, 5.41) is 3.87. The highest BCUT2D eigenvalue weighted by Crippen LogP contribution is 2.28. The van der Waals surface area contributed by atoms with Crippen molar-refractivity contribution in [1.82, 2.24) is 19.9 Å². The van der Waals surface area contributed by atoms with E-state index in [2.05, 4.69) is 10.1 Å². The van der Waals surface area contributed by atoms with Crippen LogP contribution in [0.15, 0.2) is 59.1 Å². The van der Waals surface area contributed by atoms with Gasteiger partial charge in [-0.3, -0.25) is 9.59 Å². The van der Waals surface area contributed by atoms with E-state index in [0.29, 0.717) is 48.9 Å². The Labute approximate surface area is 179 Å². The number of benzene rings is 2. The van der Waals surface area contributed by atoms with Crippen LogP contribution in [0.1, 0.15) is 40.1 Å². The minimum Gasteiger partial charge on any atom is -0.341 e. The van der Waals surface area contributed by atoms with E-state index >= 15 is 0 Å². The molecule has 0 spiro atoms. The van der Waals surface area contributed by atoms with Crippen LogP contribution in [0, 0.1) is 12.7 Å². The molecule has 1 atom stereocenters. The summed E-state index contributed by atoms with van der Waals surface area (Å²) in [7, 11) is 0. The molecular weight excluding hydrogens is 399 g/mol. The Balaban J connectivity index is 1.55. The minimum atomic E-state index is -0.430. The number of aromatic nitrogens is 2. The van der Waals surface area contributed by atoms with Crippen molar-refractivity contribution in [1.29, 1.82) is 0 Å². The number of amides is 2. The molecule has 2 amide bonds. The van der Waals surface area contributed by atoms with E-state index in [0.717, 1.165) is 0 Å². The minimum absolute atomic E-state index is 0.106. The highest BCUT2D eigenvalue weighted by Gasteiger charge is 2.34. The molecule has 0 radical (unpaired) electrons. The third-order valence-corrected chi connectivity index (χ3v) is 5.37. The lowest BCUT2D eigenvalue weighted by molar-refractivity contribution is -0.130. The van der Waals surface area contributed by atoms with E-state index in [1.54, 1.807) is 41.0 Å². The molecule has 160 valence electrons. The first-order valence-electron chi connectivity index (χ1n) is 10.2. The Kier molecular flexibility index (Phi) is 6.06. The molecule has 0 aliphatic carbocycles. The monoisotopic (exact) mass is 422 g/mol. The summed E-state index contributed by atoms with van der Waals surface area (Å²) in [6, 6.07) is 14.6. The molecule has 2 heterocycles. The van der Waals surface area contributed by atoms with Crippen molar-refractivity contribution in [3.63, 3.8) is 0 Å². The molecule has 7 nitrogen and oxygen atoms in total. The van der Waals surface area contributed by atoms with Gasteiger partial charge in [0.05, 0.1) is 6.42 Å². The molecule has 0 bridgehead atoms. The van der Waals surface area contributed by atoms with E-state index in [9.17, 15) is 14.0 Å². The van der Waals surface area contributed by atoms with Crippen LogP contribution in [0.4, 0.5) is 4.39 Å². The fourth-order valence-corrected chi connectivity index (χ4v) is 3.81. The van der Waals surface area contributed by atoms with Gasteiger partial charge in [-0.05, 0) is 43.2 Å². The van der Waals surface area contributed by atoms with Crippen molar-refractivity contribution in [3.05, 3.63) is 83.3 Å². The van der Waals surface area contributed by atoms with Gasteiger partial charge >= 0.3 is 0 Å². The molecule has 3 aromatic rings. The maximum Gasteiger partial charge on any atom is 0.254 e. The van der Waals surface area contributed by atoms with Gasteiger partial charge in [-0.2, -0.15) is 4.98 Å².